The van der Waals surface area contributed by atoms with Gasteiger partial charge in [0, 0.05) is 50.1 Å². The Kier molecular flexibility index (Phi) is 3.71. The van der Waals surface area contributed by atoms with Gasteiger partial charge in [0.05, 0.1) is 0 Å². The van der Waals surface area contributed by atoms with Crippen molar-refractivity contribution in [2.24, 2.45) is 0 Å². The Morgan fingerprint density at radius 1 is 1.15 bits per heavy atom. The summed E-state index contributed by atoms with van der Waals surface area (Å²) in [5.74, 6) is 1.48. The largest absolute Gasteiger partial charge is 0.474 e. The van der Waals surface area contributed by atoms with Crippen molar-refractivity contribution >= 4 is 5.95 Å². The van der Waals surface area contributed by atoms with E-state index in [0.29, 0.717) is 5.88 Å². The lowest BCUT2D eigenvalue weighted by molar-refractivity contribution is 0.162. The number of aromatic nitrogens is 4. The Labute approximate surface area is 117 Å². The van der Waals surface area contributed by atoms with Crippen LogP contribution in [-0.2, 0) is 0 Å². The van der Waals surface area contributed by atoms with Gasteiger partial charge in [-0.2, -0.15) is 0 Å². The molecule has 0 spiro atoms. The number of aryl methyl sites for hydroxylation is 1. The molecule has 1 saturated heterocycles. The van der Waals surface area contributed by atoms with Gasteiger partial charge in [0.1, 0.15) is 12.4 Å². The average molecular weight is 271 g/mol. The van der Waals surface area contributed by atoms with E-state index in [9.17, 15) is 0 Å². The molecule has 0 N–H and O–H groups in total. The molecule has 2 aromatic heterocycles. The van der Waals surface area contributed by atoms with Gasteiger partial charge in [-0.25, -0.2) is 19.9 Å². The quantitative estimate of drug-likeness (QED) is 0.845. The number of hydrogen-bond donors (Lipinski definition) is 0. The maximum Gasteiger partial charge on any atom is 0.225 e. The fraction of sp³-hybridized carbons (Fsp3) is 0.429. The monoisotopic (exact) mass is 271 g/mol. The standard InChI is InChI=1S/C14H17N5O/c1-11-9-15-10-18-13(11)20-12-3-7-19(8-4-12)14-16-5-2-6-17-14/h2,5-6,9-10,12H,3-4,7-8H2,1H3. The molecule has 0 atom stereocenters. The molecule has 0 unspecified atom stereocenters. The molecule has 2 aromatic rings. The predicted octanol–water partition coefficient (Wildman–Crippen LogP) is 1.62. The minimum atomic E-state index is 0.198. The van der Waals surface area contributed by atoms with Crippen molar-refractivity contribution in [3.8, 4) is 5.88 Å². The molecule has 3 heterocycles. The number of rotatable bonds is 3. The lowest BCUT2D eigenvalue weighted by atomic mass is 10.1. The van der Waals surface area contributed by atoms with Crippen LogP contribution in [0.2, 0.25) is 0 Å². The first-order valence-corrected chi connectivity index (χ1v) is 6.78. The molecule has 6 nitrogen and oxygen atoms in total. The van der Waals surface area contributed by atoms with E-state index < -0.39 is 0 Å². The van der Waals surface area contributed by atoms with Gasteiger partial charge in [0.25, 0.3) is 0 Å². The van der Waals surface area contributed by atoms with E-state index in [4.69, 9.17) is 4.74 Å². The lowest BCUT2D eigenvalue weighted by Gasteiger charge is -2.31. The van der Waals surface area contributed by atoms with Crippen LogP contribution in [0.1, 0.15) is 18.4 Å². The van der Waals surface area contributed by atoms with Crippen LogP contribution in [0.25, 0.3) is 0 Å². The van der Waals surface area contributed by atoms with Gasteiger partial charge in [0.15, 0.2) is 0 Å². The van der Waals surface area contributed by atoms with E-state index in [-0.39, 0.29) is 6.10 Å². The molecular weight excluding hydrogens is 254 g/mol. The van der Waals surface area contributed by atoms with Gasteiger partial charge in [-0.15, -0.1) is 0 Å². The van der Waals surface area contributed by atoms with E-state index in [1.165, 1.54) is 6.33 Å². The molecule has 1 aliphatic rings. The van der Waals surface area contributed by atoms with Crippen LogP contribution in [0, 0.1) is 6.92 Å². The Morgan fingerprint density at radius 2 is 1.90 bits per heavy atom. The van der Waals surface area contributed by atoms with Crippen molar-refractivity contribution in [1.29, 1.82) is 0 Å². The van der Waals surface area contributed by atoms with Crippen LogP contribution in [0.3, 0.4) is 0 Å². The smallest absolute Gasteiger partial charge is 0.225 e. The summed E-state index contributed by atoms with van der Waals surface area (Å²) in [5.41, 5.74) is 0.973. The Bertz CT molecular complexity index is 555. The first kappa shape index (κ1) is 12.8. The van der Waals surface area contributed by atoms with E-state index in [1.54, 1.807) is 18.6 Å². The van der Waals surface area contributed by atoms with Crippen molar-refractivity contribution in [3.63, 3.8) is 0 Å². The van der Waals surface area contributed by atoms with Crippen molar-refractivity contribution in [2.75, 3.05) is 18.0 Å². The molecular formula is C14H17N5O. The fourth-order valence-corrected chi connectivity index (χ4v) is 2.30. The maximum absolute atomic E-state index is 5.95. The second kappa shape index (κ2) is 5.81. The molecule has 0 saturated carbocycles. The second-order valence-electron chi connectivity index (χ2n) is 4.86. The fourth-order valence-electron chi connectivity index (χ4n) is 2.30. The molecule has 0 aliphatic carbocycles. The third-order valence-corrected chi connectivity index (χ3v) is 3.40. The Hall–Kier alpha value is -2.24. The van der Waals surface area contributed by atoms with Crippen LogP contribution in [0.4, 0.5) is 5.95 Å². The van der Waals surface area contributed by atoms with Crippen LogP contribution >= 0.6 is 0 Å². The molecule has 3 rings (SSSR count). The van der Waals surface area contributed by atoms with Crippen LogP contribution < -0.4 is 9.64 Å². The van der Waals surface area contributed by atoms with Crippen molar-refractivity contribution < 1.29 is 4.74 Å². The van der Waals surface area contributed by atoms with Gasteiger partial charge in [-0.05, 0) is 13.0 Å². The molecule has 1 aliphatic heterocycles. The number of ether oxygens (including phenoxy) is 1. The highest BCUT2D eigenvalue weighted by Gasteiger charge is 2.22. The van der Waals surface area contributed by atoms with Crippen LogP contribution in [0.5, 0.6) is 5.88 Å². The first-order valence-electron chi connectivity index (χ1n) is 6.78. The third-order valence-electron chi connectivity index (χ3n) is 3.40. The van der Waals surface area contributed by atoms with E-state index in [1.807, 2.05) is 13.0 Å². The van der Waals surface area contributed by atoms with Gasteiger partial charge in [-0.1, -0.05) is 0 Å². The molecule has 0 radical (unpaired) electrons. The minimum Gasteiger partial charge on any atom is -0.474 e. The molecule has 0 aromatic carbocycles. The highest BCUT2D eigenvalue weighted by Crippen LogP contribution is 2.21. The van der Waals surface area contributed by atoms with Gasteiger partial charge < -0.3 is 9.64 Å². The predicted molar refractivity (Wildman–Crippen MR) is 74.7 cm³/mol. The normalized spacial score (nSPS) is 16.1. The summed E-state index contributed by atoms with van der Waals surface area (Å²) in [5, 5.41) is 0. The molecule has 0 amide bonds. The number of hydrogen-bond acceptors (Lipinski definition) is 6. The van der Waals surface area contributed by atoms with Crippen molar-refractivity contribution in [3.05, 3.63) is 36.5 Å². The number of anilines is 1. The van der Waals surface area contributed by atoms with Gasteiger partial charge in [0.2, 0.25) is 11.8 Å². The van der Waals surface area contributed by atoms with Gasteiger partial charge >= 0.3 is 0 Å². The van der Waals surface area contributed by atoms with Crippen LogP contribution in [0.15, 0.2) is 31.0 Å². The Morgan fingerprint density at radius 3 is 2.60 bits per heavy atom. The first-order chi connectivity index (χ1) is 9.83. The summed E-state index contributed by atoms with van der Waals surface area (Å²) < 4.78 is 5.95. The summed E-state index contributed by atoms with van der Waals surface area (Å²) in [6.45, 7) is 3.76. The summed E-state index contributed by atoms with van der Waals surface area (Å²) in [6.07, 6.45) is 8.93. The van der Waals surface area contributed by atoms with E-state index in [0.717, 1.165) is 37.4 Å². The van der Waals surface area contributed by atoms with Crippen molar-refractivity contribution in [2.45, 2.75) is 25.9 Å². The molecule has 0 bridgehead atoms. The van der Waals surface area contributed by atoms with Gasteiger partial charge in [-0.3, -0.25) is 0 Å². The zero-order valence-corrected chi connectivity index (χ0v) is 11.4. The average Bonchev–Trinajstić information content (AvgIpc) is 2.51. The van der Waals surface area contributed by atoms with E-state index in [2.05, 4.69) is 24.8 Å². The lowest BCUT2D eigenvalue weighted by Crippen LogP contribution is -2.39. The molecule has 1 fully saturated rings. The van der Waals surface area contributed by atoms with Crippen molar-refractivity contribution in [1.82, 2.24) is 19.9 Å². The summed E-state index contributed by atoms with van der Waals surface area (Å²) in [7, 11) is 0. The molecule has 104 valence electrons. The third kappa shape index (κ3) is 2.84. The maximum atomic E-state index is 5.95. The number of nitrogens with zero attached hydrogens (tertiary/aromatic N) is 5. The topological polar surface area (TPSA) is 64.0 Å². The van der Waals surface area contributed by atoms with E-state index >= 15 is 0 Å². The summed E-state index contributed by atoms with van der Waals surface area (Å²) >= 11 is 0. The zero-order valence-electron chi connectivity index (χ0n) is 11.4. The highest BCUT2D eigenvalue weighted by atomic mass is 16.5. The summed E-state index contributed by atoms with van der Waals surface area (Å²) in [4.78, 5) is 18.9. The SMILES string of the molecule is Cc1cncnc1OC1CCN(c2ncccn2)CC1. The second-order valence-corrected chi connectivity index (χ2v) is 4.86. The molecule has 20 heavy (non-hydrogen) atoms. The highest BCUT2D eigenvalue weighted by molar-refractivity contribution is 5.29. The number of piperidine rings is 1. The minimum absolute atomic E-state index is 0.198. The zero-order chi connectivity index (χ0) is 13.8. The molecule has 6 heteroatoms. The Balaban J connectivity index is 1.58. The van der Waals surface area contributed by atoms with Crippen LogP contribution in [-0.4, -0.2) is 39.1 Å². The summed E-state index contributed by atoms with van der Waals surface area (Å²) in [6, 6.07) is 1.83.